The number of fused-ring (bicyclic) bond motifs is 3. The summed E-state index contributed by atoms with van der Waals surface area (Å²) in [7, 11) is 1.70. The molecule has 2 aromatic carbocycles. The molecular weight excluding hydrogens is 543 g/mol. The van der Waals surface area contributed by atoms with Gasteiger partial charge in [0.2, 0.25) is 0 Å². The van der Waals surface area contributed by atoms with E-state index in [2.05, 4.69) is 11.0 Å². The van der Waals surface area contributed by atoms with Gasteiger partial charge in [-0.2, -0.15) is 18.4 Å². The molecule has 41 heavy (non-hydrogen) atoms. The predicted octanol–water partition coefficient (Wildman–Crippen LogP) is 3.67. The number of hydrogen-bond donors (Lipinski definition) is 3. The zero-order valence-corrected chi connectivity index (χ0v) is 21.9. The molecule has 0 amide bonds. The van der Waals surface area contributed by atoms with E-state index in [1.807, 2.05) is 28.8 Å². The van der Waals surface area contributed by atoms with Gasteiger partial charge >= 0.3 is 18.1 Å². The highest BCUT2D eigenvalue weighted by Crippen LogP contribution is 2.33. The Morgan fingerprint density at radius 2 is 1.80 bits per heavy atom. The molecule has 4 aromatic rings. The third kappa shape index (κ3) is 5.87. The molecule has 13 heteroatoms. The van der Waals surface area contributed by atoms with Crippen molar-refractivity contribution in [2.45, 2.75) is 31.6 Å². The lowest BCUT2D eigenvalue weighted by molar-refractivity contribution is -0.192. The zero-order valence-electron chi connectivity index (χ0n) is 21.9. The van der Waals surface area contributed by atoms with E-state index in [1.165, 1.54) is 6.07 Å². The number of carboxylic acids is 2. The Morgan fingerprint density at radius 1 is 1.12 bits per heavy atom. The van der Waals surface area contributed by atoms with E-state index in [1.54, 1.807) is 29.8 Å². The predicted molar refractivity (Wildman–Crippen MR) is 145 cm³/mol. The van der Waals surface area contributed by atoms with E-state index in [0.717, 1.165) is 30.8 Å². The first kappa shape index (κ1) is 29.2. The monoisotopic (exact) mass is 569 g/mol. The average molecular weight is 570 g/mol. The molecule has 214 valence electrons. The Bertz CT molecular complexity index is 1750. The van der Waals surface area contributed by atoms with Gasteiger partial charge in [-0.15, -0.1) is 0 Å². The van der Waals surface area contributed by atoms with E-state index in [0.29, 0.717) is 40.5 Å². The molecule has 0 aliphatic carbocycles. The second-order valence-electron chi connectivity index (χ2n) is 9.67. The molecule has 1 aliphatic heterocycles. The van der Waals surface area contributed by atoms with Crippen LogP contribution in [0.5, 0.6) is 0 Å². The molecule has 10 nitrogen and oxygen atoms in total. The molecule has 5 rings (SSSR count). The fourth-order valence-electron chi connectivity index (χ4n) is 4.99. The highest BCUT2D eigenvalue weighted by molar-refractivity contribution is 6.08. The maximum Gasteiger partial charge on any atom is 0.490 e. The molecule has 1 atom stereocenters. The summed E-state index contributed by atoms with van der Waals surface area (Å²) in [5, 5.41) is 27.7. The number of nitriles is 1. The first-order valence-corrected chi connectivity index (χ1v) is 12.5. The van der Waals surface area contributed by atoms with Gasteiger partial charge in [-0.3, -0.25) is 4.79 Å². The Morgan fingerprint density at radius 3 is 2.41 bits per heavy atom. The molecule has 1 aliphatic rings. The van der Waals surface area contributed by atoms with E-state index in [4.69, 9.17) is 15.6 Å². The quantitative estimate of drug-likeness (QED) is 0.336. The summed E-state index contributed by atoms with van der Waals surface area (Å²) in [5.74, 6) is -2.93. The summed E-state index contributed by atoms with van der Waals surface area (Å²) in [5.41, 5.74) is 8.78. The summed E-state index contributed by atoms with van der Waals surface area (Å²) >= 11 is 0. The number of carboxylic acid groups (broad SMARTS) is 2. The van der Waals surface area contributed by atoms with Crippen molar-refractivity contribution in [2.75, 3.05) is 18.0 Å². The Balaban J connectivity index is 0.000000493. The Kier molecular flexibility index (Phi) is 8.07. The maximum atomic E-state index is 13.6. The highest BCUT2D eigenvalue weighted by atomic mass is 19.4. The Labute approximate surface area is 231 Å². The second-order valence-corrected chi connectivity index (χ2v) is 9.67. The van der Waals surface area contributed by atoms with Crippen molar-refractivity contribution < 1.29 is 33.0 Å². The summed E-state index contributed by atoms with van der Waals surface area (Å²) < 4.78 is 35.3. The number of aromatic carboxylic acids is 1. The minimum absolute atomic E-state index is 0.0322. The van der Waals surface area contributed by atoms with Crippen LogP contribution in [0.2, 0.25) is 0 Å². The minimum Gasteiger partial charge on any atom is -0.478 e. The lowest BCUT2D eigenvalue weighted by Crippen LogP contribution is -2.43. The highest BCUT2D eigenvalue weighted by Gasteiger charge is 2.38. The fourth-order valence-corrected chi connectivity index (χ4v) is 4.99. The molecular formula is C28H26F3N5O5. The van der Waals surface area contributed by atoms with Gasteiger partial charge < -0.3 is 30.0 Å². The first-order valence-electron chi connectivity index (χ1n) is 12.5. The van der Waals surface area contributed by atoms with Gasteiger partial charge in [0.25, 0.3) is 5.56 Å². The number of nitrogens with zero attached hydrogens (tertiary/aromatic N) is 4. The third-order valence-electron chi connectivity index (χ3n) is 6.97. The standard InChI is InChI=1S/C26H25N5O3.C2HF3O2/c1-29-22-9-8-16(26(33)34)11-20(22)21-12-23(30-10-4-7-19(28)15-30)31(24(21)25(29)32)14-18-6-3-2-5-17(18)13-27;3-2(4,5)1(6)7/h2-3,5-6,8-9,11-12,19H,4,7,10,14-15,28H2,1H3,(H,33,34);(H,6,7)/t19-;/m1./s1. The van der Waals surface area contributed by atoms with Crippen LogP contribution in [0.15, 0.2) is 53.3 Å². The molecule has 0 spiro atoms. The van der Waals surface area contributed by atoms with Crippen LogP contribution in [-0.2, 0) is 18.4 Å². The third-order valence-corrected chi connectivity index (χ3v) is 6.97. The molecule has 0 unspecified atom stereocenters. The van der Waals surface area contributed by atoms with Crippen LogP contribution in [0.4, 0.5) is 19.0 Å². The van der Waals surface area contributed by atoms with E-state index >= 15 is 0 Å². The number of alkyl halides is 3. The van der Waals surface area contributed by atoms with Gasteiger partial charge in [-0.05, 0) is 48.7 Å². The number of pyridine rings is 1. The molecule has 1 saturated heterocycles. The SMILES string of the molecule is Cn1c(=O)c2c(cc(N3CCC[C@@H](N)C3)n2Cc2ccccc2C#N)c2cc(C(=O)O)ccc21.O=C(O)C(F)(F)F. The number of nitrogens with two attached hydrogens (primary N) is 1. The number of piperidine rings is 1. The minimum atomic E-state index is -5.08. The van der Waals surface area contributed by atoms with Crippen molar-refractivity contribution in [2.24, 2.45) is 12.8 Å². The van der Waals surface area contributed by atoms with Crippen molar-refractivity contribution in [1.29, 1.82) is 5.26 Å². The maximum absolute atomic E-state index is 13.6. The summed E-state index contributed by atoms with van der Waals surface area (Å²) in [4.78, 5) is 36.4. The molecule has 4 N–H and O–H groups in total. The number of aliphatic carboxylic acids is 1. The van der Waals surface area contributed by atoms with Crippen molar-refractivity contribution in [3.8, 4) is 6.07 Å². The molecule has 2 aromatic heterocycles. The summed E-state index contributed by atoms with van der Waals surface area (Å²) in [6.45, 7) is 1.81. The smallest absolute Gasteiger partial charge is 0.478 e. The average Bonchev–Trinajstić information content (AvgIpc) is 3.31. The van der Waals surface area contributed by atoms with Crippen LogP contribution in [0.25, 0.3) is 21.8 Å². The number of aromatic nitrogens is 2. The Hall–Kier alpha value is -4.83. The van der Waals surface area contributed by atoms with Crippen molar-refractivity contribution in [1.82, 2.24) is 9.13 Å². The normalized spacial score (nSPS) is 15.3. The number of aryl methyl sites for hydroxylation is 1. The molecule has 3 heterocycles. The number of hydrogen-bond acceptors (Lipinski definition) is 6. The fraction of sp³-hybridized carbons (Fsp3) is 0.286. The number of halogens is 3. The zero-order chi connectivity index (χ0) is 30.1. The van der Waals surface area contributed by atoms with Gasteiger partial charge in [-0.25, -0.2) is 9.59 Å². The van der Waals surface area contributed by atoms with Gasteiger partial charge in [0.05, 0.1) is 29.3 Å². The number of anilines is 1. The van der Waals surface area contributed by atoms with E-state index in [-0.39, 0.29) is 17.2 Å². The number of rotatable bonds is 4. The van der Waals surface area contributed by atoms with Crippen molar-refractivity contribution in [3.63, 3.8) is 0 Å². The number of carbonyl (C=O) groups is 2. The number of benzene rings is 2. The van der Waals surface area contributed by atoms with Crippen LogP contribution < -0.4 is 16.2 Å². The van der Waals surface area contributed by atoms with E-state index in [9.17, 15) is 33.1 Å². The van der Waals surface area contributed by atoms with E-state index < -0.39 is 18.1 Å². The van der Waals surface area contributed by atoms with Crippen LogP contribution >= 0.6 is 0 Å². The summed E-state index contributed by atoms with van der Waals surface area (Å²) in [6.07, 6.45) is -3.19. The van der Waals surface area contributed by atoms with Crippen LogP contribution in [0.3, 0.4) is 0 Å². The largest absolute Gasteiger partial charge is 0.490 e. The van der Waals surface area contributed by atoms with Gasteiger partial charge in [0.1, 0.15) is 11.3 Å². The second kappa shape index (κ2) is 11.3. The van der Waals surface area contributed by atoms with Crippen LogP contribution in [-0.4, -0.2) is 56.6 Å². The molecule has 1 fully saturated rings. The lowest BCUT2D eigenvalue weighted by Gasteiger charge is -2.33. The van der Waals surface area contributed by atoms with Crippen LogP contribution in [0.1, 0.15) is 34.3 Å². The lowest BCUT2D eigenvalue weighted by atomic mass is 10.1. The van der Waals surface area contributed by atoms with Gasteiger partial charge in [0.15, 0.2) is 0 Å². The van der Waals surface area contributed by atoms with Crippen LogP contribution in [0, 0.1) is 11.3 Å². The van der Waals surface area contributed by atoms with Gasteiger partial charge in [0, 0.05) is 37.0 Å². The van der Waals surface area contributed by atoms with Crippen molar-refractivity contribution in [3.05, 3.63) is 75.6 Å². The topological polar surface area (TPSA) is 155 Å². The van der Waals surface area contributed by atoms with Crippen molar-refractivity contribution >= 4 is 39.6 Å². The molecule has 0 saturated carbocycles. The summed E-state index contributed by atoms with van der Waals surface area (Å²) in [6, 6.07) is 16.4. The van der Waals surface area contributed by atoms with Gasteiger partial charge in [-0.1, -0.05) is 18.2 Å². The first-order chi connectivity index (χ1) is 19.3. The molecule has 0 radical (unpaired) electrons. The molecule has 0 bridgehead atoms.